The van der Waals surface area contributed by atoms with Crippen molar-refractivity contribution < 1.29 is 0 Å². The van der Waals surface area contributed by atoms with Gasteiger partial charge in [0.15, 0.2) is 0 Å². The van der Waals surface area contributed by atoms with Crippen molar-refractivity contribution in [2.45, 2.75) is 52.4 Å². The summed E-state index contributed by atoms with van der Waals surface area (Å²) in [6.45, 7) is 12.8. The Morgan fingerprint density at radius 2 is 1.31 bits per heavy atom. The van der Waals surface area contributed by atoms with E-state index in [1.54, 1.807) is 0 Å². The zero-order valence-electron chi connectivity index (χ0n) is 19.9. The summed E-state index contributed by atoms with van der Waals surface area (Å²) in [7, 11) is 0. The van der Waals surface area contributed by atoms with Crippen LogP contribution in [0.1, 0.15) is 68.4 Å². The minimum Gasteiger partial charge on any atom is -0.0991 e. The molecule has 162 valence electrons. The summed E-state index contributed by atoms with van der Waals surface area (Å²) in [6, 6.07) is 24.9. The highest BCUT2D eigenvalue weighted by Gasteiger charge is 2.51. The number of allylic oxidation sites excluding steroid dienone is 5. The quantitative estimate of drug-likeness (QED) is 0.371. The Morgan fingerprint density at radius 3 is 1.84 bits per heavy atom. The van der Waals surface area contributed by atoms with Crippen LogP contribution < -0.4 is 0 Å². The maximum Gasteiger partial charge on any atom is 0.0722 e. The van der Waals surface area contributed by atoms with E-state index in [1.807, 2.05) is 6.08 Å². The minimum atomic E-state index is -0.238. The molecule has 0 fully saturated rings. The number of rotatable bonds is 4. The van der Waals surface area contributed by atoms with Crippen molar-refractivity contribution in [1.29, 1.82) is 0 Å². The third-order valence-electron chi connectivity index (χ3n) is 6.96. The molecule has 0 saturated heterocycles. The first-order chi connectivity index (χ1) is 15.6. The van der Waals surface area contributed by atoms with E-state index in [4.69, 9.17) is 0 Å². The predicted molar refractivity (Wildman–Crippen MR) is 140 cm³/mol. The van der Waals surface area contributed by atoms with Crippen LogP contribution in [0.4, 0.5) is 0 Å². The summed E-state index contributed by atoms with van der Waals surface area (Å²) in [5.74, 6) is 0. The summed E-state index contributed by atoms with van der Waals surface area (Å²) in [6.07, 6.45) is 9.92. The fourth-order valence-corrected chi connectivity index (χ4v) is 5.25. The van der Waals surface area contributed by atoms with Crippen LogP contribution in [0.15, 0.2) is 97.1 Å². The van der Waals surface area contributed by atoms with Gasteiger partial charge in [0.05, 0.1) is 5.41 Å². The first kappa shape index (κ1) is 22.1. The van der Waals surface area contributed by atoms with Crippen LogP contribution in [0.3, 0.4) is 0 Å². The summed E-state index contributed by atoms with van der Waals surface area (Å²) in [5, 5.41) is 0. The molecular weight excluding hydrogens is 384 g/mol. The first-order valence-corrected chi connectivity index (χ1v) is 12.0. The number of hydrogen-bond acceptors (Lipinski definition) is 0. The van der Waals surface area contributed by atoms with Gasteiger partial charge in [-0.1, -0.05) is 125 Å². The van der Waals surface area contributed by atoms with Gasteiger partial charge >= 0.3 is 0 Å². The molecule has 2 aliphatic carbocycles. The summed E-state index contributed by atoms with van der Waals surface area (Å²) < 4.78 is 0. The van der Waals surface area contributed by atoms with Crippen LogP contribution in [0.5, 0.6) is 0 Å². The van der Waals surface area contributed by atoms with Crippen LogP contribution in [0, 0.1) is 0 Å². The van der Waals surface area contributed by atoms with E-state index >= 15 is 0 Å². The van der Waals surface area contributed by atoms with Crippen molar-refractivity contribution >= 4 is 5.57 Å². The molecule has 0 N–H and O–H groups in total. The molecule has 3 aromatic carbocycles. The molecule has 0 aromatic heterocycles. The SMILES string of the molecule is C=C/C=C\C1=C(C)c2cc(CC)ccc2C12c1ccccc1-c1ccccc12.CCCC. The molecule has 0 saturated carbocycles. The highest BCUT2D eigenvalue weighted by molar-refractivity contribution is 5.95. The van der Waals surface area contributed by atoms with Crippen molar-refractivity contribution in [2.24, 2.45) is 0 Å². The molecule has 0 atom stereocenters. The van der Waals surface area contributed by atoms with Gasteiger partial charge in [0, 0.05) is 0 Å². The molecule has 32 heavy (non-hydrogen) atoms. The van der Waals surface area contributed by atoms with Gasteiger partial charge in [0.1, 0.15) is 0 Å². The molecule has 0 unspecified atom stereocenters. The Labute approximate surface area is 194 Å². The highest BCUT2D eigenvalue weighted by Crippen LogP contribution is 2.61. The lowest BCUT2D eigenvalue weighted by Gasteiger charge is -2.31. The Hall–Kier alpha value is -3.12. The number of fused-ring (bicyclic) bond motifs is 7. The lowest BCUT2D eigenvalue weighted by molar-refractivity contribution is 0.785. The normalized spacial score (nSPS) is 14.8. The van der Waals surface area contributed by atoms with Crippen LogP contribution in [-0.4, -0.2) is 0 Å². The molecule has 0 amide bonds. The van der Waals surface area contributed by atoms with E-state index in [-0.39, 0.29) is 5.41 Å². The van der Waals surface area contributed by atoms with Gasteiger partial charge in [-0.05, 0) is 63.4 Å². The Bertz CT molecular complexity index is 1150. The Morgan fingerprint density at radius 1 is 0.750 bits per heavy atom. The lowest BCUT2D eigenvalue weighted by Crippen LogP contribution is -2.26. The molecule has 0 bridgehead atoms. The number of hydrogen-bond donors (Lipinski definition) is 0. The van der Waals surface area contributed by atoms with Crippen LogP contribution in [0.2, 0.25) is 0 Å². The van der Waals surface area contributed by atoms with Gasteiger partial charge < -0.3 is 0 Å². The van der Waals surface area contributed by atoms with Gasteiger partial charge in [-0.25, -0.2) is 0 Å². The largest absolute Gasteiger partial charge is 0.0991 e. The molecule has 2 aliphatic rings. The van der Waals surface area contributed by atoms with Crippen LogP contribution in [0.25, 0.3) is 16.7 Å². The first-order valence-electron chi connectivity index (χ1n) is 12.0. The molecule has 0 heterocycles. The molecule has 1 spiro atoms. The van der Waals surface area contributed by atoms with Crippen molar-refractivity contribution in [2.75, 3.05) is 0 Å². The van der Waals surface area contributed by atoms with Crippen molar-refractivity contribution in [1.82, 2.24) is 0 Å². The molecule has 5 rings (SSSR count). The fraction of sp³-hybridized carbons (Fsp3) is 0.250. The molecular formula is C32H34. The molecule has 3 aromatic rings. The second-order valence-electron chi connectivity index (χ2n) is 8.71. The van der Waals surface area contributed by atoms with Gasteiger partial charge in [0.2, 0.25) is 0 Å². The third kappa shape index (κ3) is 3.21. The second-order valence-corrected chi connectivity index (χ2v) is 8.71. The van der Waals surface area contributed by atoms with Crippen molar-refractivity contribution in [3.63, 3.8) is 0 Å². The standard InChI is InChI=1S/C28H24.C4H10/c1-4-6-13-24-19(3)23-18-20(5-2)16-17-27(23)28(24)25-14-9-7-11-21(25)22-12-8-10-15-26(22)28;1-3-4-2/h4,6-18H,1,5H2,2-3H3;3-4H2,1-2H3/b13-6-;. The van der Waals surface area contributed by atoms with Gasteiger partial charge in [-0.3, -0.25) is 0 Å². The predicted octanol–water partition coefficient (Wildman–Crippen LogP) is 8.90. The smallest absolute Gasteiger partial charge is 0.0722 e. The maximum atomic E-state index is 3.92. The molecule has 0 nitrogen and oxygen atoms in total. The molecule has 0 heteroatoms. The van der Waals surface area contributed by atoms with Crippen molar-refractivity contribution in [3.05, 3.63) is 125 Å². The summed E-state index contributed by atoms with van der Waals surface area (Å²) >= 11 is 0. The summed E-state index contributed by atoms with van der Waals surface area (Å²) in [4.78, 5) is 0. The molecule has 0 radical (unpaired) electrons. The van der Waals surface area contributed by atoms with E-state index in [0.29, 0.717) is 0 Å². The average Bonchev–Trinajstić information content (AvgIpc) is 3.28. The van der Waals surface area contributed by atoms with E-state index in [9.17, 15) is 0 Å². The summed E-state index contributed by atoms with van der Waals surface area (Å²) in [5.41, 5.74) is 12.2. The van der Waals surface area contributed by atoms with Crippen LogP contribution in [-0.2, 0) is 11.8 Å². The minimum absolute atomic E-state index is 0.238. The average molecular weight is 419 g/mol. The lowest BCUT2D eigenvalue weighted by atomic mass is 9.69. The maximum absolute atomic E-state index is 3.92. The second kappa shape index (κ2) is 9.17. The monoisotopic (exact) mass is 418 g/mol. The fourth-order valence-electron chi connectivity index (χ4n) is 5.25. The van der Waals surface area contributed by atoms with E-state index in [0.717, 1.165) is 6.42 Å². The zero-order chi connectivity index (χ0) is 22.7. The molecule has 0 aliphatic heterocycles. The topological polar surface area (TPSA) is 0 Å². The van der Waals surface area contributed by atoms with E-state index in [1.165, 1.54) is 62.9 Å². The van der Waals surface area contributed by atoms with Crippen molar-refractivity contribution in [3.8, 4) is 11.1 Å². The van der Waals surface area contributed by atoms with Gasteiger partial charge in [-0.15, -0.1) is 0 Å². The number of aryl methyl sites for hydroxylation is 1. The van der Waals surface area contributed by atoms with E-state index in [2.05, 4.69) is 113 Å². The van der Waals surface area contributed by atoms with Crippen LogP contribution >= 0.6 is 0 Å². The number of benzene rings is 3. The highest BCUT2D eigenvalue weighted by atomic mass is 14.5. The van der Waals surface area contributed by atoms with E-state index < -0.39 is 0 Å². The number of unbranched alkanes of at least 4 members (excludes halogenated alkanes) is 1. The van der Waals surface area contributed by atoms with Gasteiger partial charge in [0.25, 0.3) is 0 Å². The Kier molecular flexibility index (Phi) is 6.33. The third-order valence-corrected chi connectivity index (χ3v) is 6.96. The van der Waals surface area contributed by atoms with Gasteiger partial charge in [-0.2, -0.15) is 0 Å². The Balaban J connectivity index is 0.000000567. The zero-order valence-corrected chi connectivity index (χ0v) is 19.9.